The lowest BCUT2D eigenvalue weighted by Crippen LogP contribution is -2.18. The van der Waals surface area contributed by atoms with Gasteiger partial charge in [-0.25, -0.2) is 5.43 Å². The van der Waals surface area contributed by atoms with Gasteiger partial charge < -0.3 is 18.9 Å². The minimum absolute atomic E-state index is 0.259. The van der Waals surface area contributed by atoms with E-state index in [-0.39, 0.29) is 5.69 Å². The lowest BCUT2D eigenvalue weighted by molar-refractivity contribution is 0.0950. The number of hydrazone groups is 1. The van der Waals surface area contributed by atoms with Gasteiger partial charge in [0.1, 0.15) is 5.69 Å². The molecule has 1 amide bonds. The van der Waals surface area contributed by atoms with Crippen molar-refractivity contribution in [3.8, 4) is 34.3 Å². The topological polar surface area (TPSA) is 107 Å². The second kappa shape index (κ2) is 9.46. The number of methoxy groups -OCH3 is 4. The summed E-state index contributed by atoms with van der Waals surface area (Å²) in [5.41, 5.74) is 4.73. The van der Waals surface area contributed by atoms with E-state index in [2.05, 4.69) is 20.7 Å². The predicted molar refractivity (Wildman–Crippen MR) is 112 cm³/mol. The lowest BCUT2D eigenvalue weighted by atomic mass is 10.1. The molecule has 0 spiro atoms. The van der Waals surface area contributed by atoms with Gasteiger partial charge in [-0.1, -0.05) is 6.07 Å². The summed E-state index contributed by atoms with van der Waals surface area (Å²) >= 11 is 0. The number of ether oxygens (including phenoxy) is 4. The van der Waals surface area contributed by atoms with Crippen LogP contribution in [0, 0.1) is 0 Å². The Kier molecular flexibility index (Phi) is 6.53. The van der Waals surface area contributed by atoms with E-state index in [0.29, 0.717) is 34.3 Å². The molecule has 0 saturated heterocycles. The zero-order valence-electron chi connectivity index (χ0n) is 17.1. The molecule has 2 aromatic carbocycles. The maximum absolute atomic E-state index is 12.4. The summed E-state index contributed by atoms with van der Waals surface area (Å²) in [4.78, 5) is 12.4. The average molecular weight is 410 g/mol. The van der Waals surface area contributed by atoms with Crippen LogP contribution in [-0.2, 0) is 0 Å². The molecule has 9 nitrogen and oxygen atoms in total. The van der Waals surface area contributed by atoms with Crippen molar-refractivity contribution < 1.29 is 23.7 Å². The maximum Gasteiger partial charge on any atom is 0.289 e. The summed E-state index contributed by atoms with van der Waals surface area (Å²) in [6.45, 7) is 0. The molecule has 2 N–H and O–H groups in total. The van der Waals surface area contributed by atoms with Crippen LogP contribution >= 0.6 is 0 Å². The molecule has 0 aliphatic carbocycles. The third kappa shape index (κ3) is 4.35. The number of rotatable bonds is 8. The second-order valence-electron chi connectivity index (χ2n) is 6.02. The molecule has 0 fully saturated rings. The van der Waals surface area contributed by atoms with Crippen molar-refractivity contribution in [2.24, 2.45) is 5.10 Å². The molecule has 0 bridgehead atoms. The minimum atomic E-state index is -0.438. The number of aromatic nitrogens is 2. The first-order valence-electron chi connectivity index (χ1n) is 8.93. The number of H-pyrrole nitrogens is 1. The van der Waals surface area contributed by atoms with Crippen LogP contribution in [0.2, 0.25) is 0 Å². The molecule has 1 heterocycles. The van der Waals surface area contributed by atoms with Crippen LogP contribution in [0.3, 0.4) is 0 Å². The Morgan fingerprint density at radius 2 is 1.73 bits per heavy atom. The molecule has 0 radical (unpaired) electrons. The van der Waals surface area contributed by atoms with Gasteiger partial charge in [0.05, 0.1) is 40.3 Å². The van der Waals surface area contributed by atoms with E-state index in [1.165, 1.54) is 13.3 Å². The first-order chi connectivity index (χ1) is 14.6. The molecule has 0 aliphatic heterocycles. The largest absolute Gasteiger partial charge is 0.493 e. The van der Waals surface area contributed by atoms with Crippen LogP contribution in [0.15, 0.2) is 47.6 Å². The third-order valence-electron chi connectivity index (χ3n) is 4.30. The second-order valence-corrected chi connectivity index (χ2v) is 6.02. The molecule has 156 valence electrons. The van der Waals surface area contributed by atoms with Gasteiger partial charge in [0.2, 0.25) is 0 Å². The number of benzene rings is 2. The smallest absolute Gasteiger partial charge is 0.289 e. The van der Waals surface area contributed by atoms with Crippen molar-refractivity contribution in [3.05, 3.63) is 53.7 Å². The van der Waals surface area contributed by atoms with Crippen LogP contribution in [0.5, 0.6) is 23.0 Å². The summed E-state index contributed by atoms with van der Waals surface area (Å²) < 4.78 is 21.1. The average Bonchev–Trinajstić information content (AvgIpc) is 3.28. The highest BCUT2D eigenvalue weighted by Crippen LogP contribution is 2.32. The van der Waals surface area contributed by atoms with E-state index in [9.17, 15) is 4.79 Å². The highest BCUT2D eigenvalue weighted by molar-refractivity contribution is 5.94. The first kappa shape index (κ1) is 20.7. The molecule has 0 unspecified atom stereocenters. The molecule has 30 heavy (non-hydrogen) atoms. The number of para-hydroxylation sites is 1. The SMILES string of the molecule is COc1ccc(-c2cc(C(=O)N/N=C/c3cccc(OC)c3OC)[nH]n2)cc1OC. The van der Waals surface area contributed by atoms with Gasteiger partial charge in [0.25, 0.3) is 5.91 Å². The van der Waals surface area contributed by atoms with E-state index in [1.807, 2.05) is 6.07 Å². The van der Waals surface area contributed by atoms with E-state index in [1.54, 1.807) is 57.7 Å². The van der Waals surface area contributed by atoms with E-state index in [0.717, 1.165) is 5.56 Å². The van der Waals surface area contributed by atoms with E-state index in [4.69, 9.17) is 18.9 Å². The quantitative estimate of drug-likeness (QED) is 0.437. The standard InChI is InChI=1S/C21H22N4O5/c1-27-17-9-8-13(10-19(17)29-3)15-11-16(24-23-15)21(26)25-22-12-14-6-5-7-18(28-2)20(14)30-4/h5-12H,1-4H3,(H,23,24)(H,25,26)/b22-12+. The fourth-order valence-corrected chi connectivity index (χ4v) is 2.82. The number of hydrogen-bond donors (Lipinski definition) is 2. The molecule has 3 aromatic rings. The van der Waals surface area contributed by atoms with Crippen molar-refractivity contribution in [3.63, 3.8) is 0 Å². The lowest BCUT2D eigenvalue weighted by Gasteiger charge is -2.09. The third-order valence-corrected chi connectivity index (χ3v) is 4.30. The van der Waals surface area contributed by atoms with Crippen molar-refractivity contribution in [2.75, 3.05) is 28.4 Å². The zero-order chi connectivity index (χ0) is 21.5. The summed E-state index contributed by atoms with van der Waals surface area (Å²) in [5.74, 6) is 1.83. The Balaban J connectivity index is 1.73. The minimum Gasteiger partial charge on any atom is -0.493 e. The number of hydrogen-bond acceptors (Lipinski definition) is 7. The normalized spacial score (nSPS) is 10.7. The molecule has 9 heteroatoms. The number of aromatic amines is 1. The van der Waals surface area contributed by atoms with Gasteiger partial charge in [-0.05, 0) is 36.4 Å². The molecule has 0 atom stereocenters. The number of nitrogens with one attached hydrogen (secondary N) is 2. The number of carbonyl (C=O) groups is 1. The Hall–Kier alpha value is -4.01. The van der Waals surface area contributed by atoms with Gasteiger partial charge in [0, 0.05) is 11.1 Å². The Morgan fingerprint density at radius 1 is 0.967 bits per heavy atom. The van der Waals surface area contributed by atoms with Gasteiger partial charge in [0.15, 0.2) is 23.0 Å². The first-order valence-corrected chi connectivity index (χ1v) is 8.93. The predicted octanol–water partition coefficient (Wildman–Crippen LogP) is 2.88. The highest BCUT2D eigenvalue weighted by Gasteiger charge is 2.13. The van der Waals surface area contributed by atoms with Gasteiger partial charge in [-0.15, -0.1) is 0 Å². The van der Waals surface area contributed by atoms with Crippen LogP contribution < -0.4 is 24.4 Å². The Labute approximate surface area is 173 Å². The zero-order valence-corrected chi connectivity index (χ0v) is 17.1. The summed E-state index contributed by atoms with van der Waals surface area (Å²) in [6.07, 6.45) is 1.48. The van der Waals surface area contributed by atoms with Crippen molar-refractivity contribution in [1.82, 2.24) is 15.6 Å². The fourth-order valence-electron chi connectivity index (χ4n) is 2.82. The van der Waals surface area contributed by atoms with E-state index >= 15 is 0 Å². The maximum atomic E-state index is 12.4. The van der Waals surface area contributed by atoms with Gasteiger partial charge in [-0.2, -0.15) is 10.2 Å². The van der Waals surface area contributed by atoms with E-state index < -0.39 is 5.91 Å². The molecular weight excluding hydrogens is 388 g/mol. The van der Waals surface area contributed by atoms with Crippen LogP contribution in [0.25, 0.3) is 11.3 Å². The number of carbonyl (C=O) groups excluding carboxylic acids is 1. The van der Waals surface area contributed by atoms with Crippen LogP contribution in [0.1, 0.15) is 16.1 Å². The number of nitrogens with zero attached hydrogens (tertiary/aromatic N) is 2. The fraction of sp³-hybridized carbons (Fsp3) is 0.190. The molecule has 0 saturated carbocycles. The number of amides is 1. The van der Waals surface area contributed by atoms with Crippen LogP contribution in [0.4, 0.5) is 0 Å². The van der Waals surface area contributed by atoms with Gasteiger partial charge in [-0.3, -0.25) is 9.89 Å². The Morgan fingerprint density at radius 3 is 2.43 bits per heavy atom. The Bertz CT molecular complexity index is 1060. The van der Waals surface area contributed by atoms with Crippen LogP contribution in [-0.4, -0.2) is 50.8 Å². The van der Waals surface area contributed by atoms with Crippen molar-refractivity contribution in [1.29, 1.82) is 0 Å². The summed E-state index contributed by atoms with van der Waals surface area (Å²) in [7, 11) is 6.21. The monoisotopic (exact) mass is 410 g/mol. The highest BCUT2D eigenvalue weighted by atomic mass is 16.5. The summed E-state index contributed by atoms with van der Waals surface area (Å²) in [5, 5.41) is 10.9. The van der Waals surface area contributed by atoms with Gasteiger partial charge >= 0.3 is 0 Å². The molecule has 0 aliphatic rings. The summed E-state index contributed by atoms with van der Waals surface area (Å²) in [6, 6.07) is 12.4. The van der Waals surface area contributed by atoms with Crippen molar-refractivity contribution in [2.45, 2.75) is 0 Å². The molecule has 1 aromatic heterocycles. The van der Waals surface area contributed by atoms with Crippen molar-refractivity contribution >= 4 is 12.1 Å². The molecule has 3 rings (SSSR count). The molecular formula is C21H22N4O5.